The first-order valence-electron chi connectivity index (χ1n) is 7.26. The van der Waals surface area contributed by atoms with E-state index >= 15 is 0 Å². The zero-order valence-electron chi connectivity index (χ0n) is 12.8. The SMILES string of the molecule is O=C(NN=Cc1c(O)ccc2ccccc12)c1cc(O)c(O)c(O)c1. The van der Waals surface area contributed by atoms with Gasteiger partial charge in [-0.05, 0) is 29.0 Å². The van der Waals surface area contributed by atoms with Gasteiger partial charge in [0.1, 0.15) is 5.75 Å². The highest BCUT2D eigenvalue weighted by Gasteiger charge is 2.13. The normalized spacial score (nSPS) is 11.0. The summed E-state index contributed by atoms with van der Waals surface area (Å²) in [4.78, 5) is 12.0. The molecule has 0 saturated carbocycles. The van der Waals surface area contributed by atoms with Gasteiger partial charge in [-0.25, -0.2) is 5.43 Å². The maximum Gasteiger partial charge on any atom is 0.271 e. The maximum atomic E-state index is 12.0. The van der Waals surface area contributed by atoms with E-state index < -0.39 is 23.2 Å². The fourth-order valence-electron chi connectivity index (χ4n) is 2.38. The molecule has 0 aliphatic rings. The molecule has 5 N–H and O–H groups in total. The van der Waals surface area contributed by atoms with Crippen molar-refractivity contribution in [3.05, 3.63) is 59.7 Å². The summed E-state index contributed by atoms with van der Waals surface area (Å²) in [5.41, 5.74) is 2.58. The molecule has 0 spiro atoms. The summed E-state index contributed by atoms with van der Waals surface area (Å²) in [6.45, 7) is 0. The number of phenols is 4. The second kappa shape index (κ2) is 6.40. The number of fused-ring (bicyclic) bond motifs is 1. The minimum atomic E-state index is -0.708. The highest BCUT2D eigenvalue weighted by Crippen LogP contribution is 2.35. The van der Waals surface area contributed by atoms with Crippen molar-refractivity contribution >= 4 is 22.9 Å². The van der Waals surface area contributed by atoms with E-state index in [0.29, 0.717) is 5.56 Å². The summed E-state index contributed by atoms with van der Waals surface area (Å²) in [6, 6.07) is 12.7. The Bertz CT molecular complexity index is 975. The molecule has 3 aromatic carbocycles. The predicted molar refractivity (Wildman–Crippen MR) is 92.1 cm³/mol. The van der Waals surface area contributed by atoms with E-state index in [0.717, 1.165) is 22.9 Å². The van der Waals surface area contributed by atoms with Gasteiger partial charge >= 0.3 is 0 Å². The lowest BCUT2D eigenvalue weighted by Crippen LogP contribution is -2.17. The van der Waals surface area contributed by atoms with Gasteiger partial charge in [0.15, 0.2) is 17.2 Å². The highest BCUT2D eigenvalue weighted by molar-refractivity contribution is 6.03. The number of rotatable bonds is 3. The molecule has 0 unspecified atom stereocenters. The number of nitrogens with zero attached hydrogens (tertiary/aromatic N) is 1. The molecule has 0 bridgehead atoms. The van der Waals surface area contributed by atoms with Crippen molar-refractivity contribution in [2.45, 2.75) is 0 Å². The van der Waals surface area contributed by atoms with Gasteiger partial charge in [0, 0.05) is 11.1 Å². The third-order valence-electron chi connectivity index (χ3n) is 3.64. The third-order valence-corrected chi connectivity index (χ3v) is 3.64. The zero-order chi connectivity index (χ0) is 18.0. The molecule has 1 amide bonds. The number of carbonyl (C=O) groups is 1. The fraction of sp³-hybridized carbons (Fsp3) is 0. The van der Waals surface area contributed by atoms with E-state index in [-0.39, 0.29) is 11.3 Å². The molecule has 0 fully saturated rings. The van der Waals surface area contributed by atoms with Gasteiger partial charge in [0.25, 0.3) is 5.91 Å². The molecule has 126 valence electrons. The van der Waals surface area contributed by atoms with Crippen LogP contribution < -0.4 is 5.43 Å². The van der Waals surface area contributed by atoms with Gasteiger partial charge in [-0.3, -0.25) is 4.79 Å². The topological polar surface area (TPSA) is 122 Å². The average Bonchev–Trinajstić information content (AvgIpc) is 2.61. The molecule has 0 atom stereocenters. The summed E-state index contributed by atoms with van der Waals surface area (Å²) in [5.74, 6) is -2.65. The van der Waals surface area contributed by atoms with E-state index in [1.165, 1.54) is 12.3 Å². The number of hydrogen-bond acceptors (Lipinski definition) is 6. The lowest BCUT2D eigenvalue weighted by molar-refractivity contribution is 0.0954. The number of amides is 1. The first-order valence-corrected chi connectivity index (χ1v) is 7.26. The third kappa shape index (κ3) is 3.16. The van der Waals surface area contributed by atoms with E-state index in [2.05, 4.69) is 10.5 Å². The van der Waals surface area contributed by atoms with Crippen molar-refractivity contribution in [2.75, 3.05) is 0 Å². The molecule has 0 saturated heterocycles. The largest absolute Gasteiger partial charge is 0.507 e. The Morgan fingerprint density at radius 1 is 0.920 bits per heavy atom. The predicted octanol–water partition coefficient (Wildman–Crippen LogP) is 2.43. The Hall–Kier alpha value is -3.74. The molecule has 0 radical (unpaired) electrons. The summed E-state index contributed by atoms with van der Waals surface area (Å²) in [7, 11) is 0. The van der Waals surface area contributed by atoms with Crippen molar-refractivity contribution in [1.82, 2.24) is 5.43 Å². The Kier molecular flexibility index (Phi) is 4.13. The van der Waals surface area contributed by atoms with Crippen LogP contribution in [-0.2, 0) is 0 Å². The Morgan fingerprint density at radius 3 is 2.32 bits per heavy atom. The standard InChI is InChI=1S/C18H14N2O5/c21-14-6-5-10-3-1-2-4-12(10)13(14)9-19-20-18(25)11-7-15(22)17(24)16(23)8-11/h1-9,21-24H,(H,20,25). The molecule has 25 heavy (non-hydrogen) atoms. The van der Waals surface area contributed by atoms with Gasteiger partial charge in [-0.1, -0.05) is 30.3 Å². The second-order valence-electron chi connectivity index (χ2n) is 5.28. The number of phenolic OH excluding ortho intramolecular Hbond substituents is 4. The van der Waals surface area contributed by atoms with Crippen LogP contribution in [0.15, 0.2) is 53.6 Å². The number of hydrogen-bond donors (Lipinski definition) is 5. The smallest absolute Gasteiger partial charge is 0.271 e. The summed E-state index contributed by atoms with van der Waals surface area (Å²) >= 11 is 0. The van der Waals surface area contributed by atoms with Gasteiger partial charge in [-0.2, -0.15) is 5.10 Å². The van der Waals surface area contributed by atoms with Crippen LogP contribution in [-0.4, -0.2) is 32.5 Å². The molecule has 0 aliphatic carbocycles. The maximum absolute atomic E-state index is 12.0. The number of carbonyl (C=O) groups excluding carboxylic acids is 1. The van der Waals surface area contributed by atoms with Crippen molar-refractivity contribution in [2.24, 2.45) is 5.10 Å². The molecule has 0 aromatic heterocycles. The number of benzene rings is 3. The minimum Gasteiger partial charge on any atom is -0.507 e. The van der Waals surface area contributed by atoms with Crippen molar-refractivity contribution in [1.29, 1.82) is 0 Å². The minimum absolute atomic E-state index is 0.0108. The molecule has 3 rings (SSSR count). The Balaban J connectivity index is 1.84. The molecule has 0 heterocycles. The quantitative estimate of drug-likeness (QED) is 0.285. The second-order valence-corrected chi connectivity index (χ2v) is 5.28. The molecular formula is C18H14N2O5. The summed E-state index contributed by atoms with van der Waals surface area (Å²) < 4.78 is 0. The molecule has 3 aromatic rings. The van der Waals surface area contributed by atoms with Crippen molar-refractivity contribution < 1.29 is 25.2 Å². The zero-order valence-corrected chi connectivity index (χ0v) is 12.8. The van der Waals surface area contributed by atoms with Gasteiger partial charge in [0.05, 0.1) is 6.21 Å². The number of aromatic hydroxyl groups is 4. The summed E-state index contributed by atoms with van der Waals surface area (Å²) in [6.07, 6.45) is 1.30. The van der Waals surface area contributed by atoms with Crippen LogP contribution >= 0.6 is 0 Å². The lowest BCUT2D eigenvalue weighted by Gasteiger charge is -2.06. The van der Waals surface area contributed by atoms with Crippen LogP contribution in [0.4, 0.5) is 0 Å². The van der Waals surface area contributed by atoms with Crippen LogP contribution in [0.3, 0.4) is 0 Å². The van der Waals surface area contributed by atoms with E-state index in [4.69, 9.17) is 0 Å². The Morgan fingerprint density at radius 2 is 1.60 bits per heavy atom. The fourth-order valence-corrected chi connectivity index (χ4v) is 2.38. The van der Waals surface area contributed by atoms with Crippen LogP contribution in [0.1, 0.15) is 15.9 Å². The van der Waals surface area contributed by atoms with E-state index in [1.54, 1.807) is 6.07 Å². The van der Waals surface area contributed by atoms with Crippen LogP contribution in [0.2, 0.25) is 0 Å². The summed E-state index contributed by atoms with van der Waals surface area (Å²) in [5, 5.41) is 43.6. The van der Waals surface area contributed by atoms with E-state index in [1.807, 2.05) is 24.3 Å². The monoisotopic (exact) mass is 338 g/mol. The van der Waals surface area contributed by atoms with Crippen molar-refractivity contribution in [3.63, 3.8) is 0 Å². The van der Waals surface area contributed by atoms with Gasteiger partial charge < -0.3 is 20.4 Å². The Labute approximate surface area is 142 Å². The molecule has 0 aliphatic heterocycles. The van der Waals surface area contributed by atoms with Gasteiger partial charge in [0.2, 0.25) is 0 Å². The average molecular weight is 338 g/mol. The van der Waals surface area contributed by atoms with Gasteiger partial charge in [-0.15, -0.1) is 0 Å². The van der Waals surface area contributed by atoms with E-state index in [9.17, 15) is 25.2 Å². The highest BCUT2D eigenvalue weighted by atomic mass is 16.3. The molecule has 7 nitrogen and oxygen atoms in total. The molecule has 7 heteroatoms. The molecular weight excluding hydrogens is 324 g/mol. The van der Waals surface area contributed by atoms with Crippen LogP contribution in [0, 0.1) is 0 Å². The number of nitrogens with one attached hydrogen (secondary N) is 1. The first-order chi connectivity index (χ1) is 12.0. The van der Waals surface area contributed by atoms with Crippen LogP contribution in [0.25, 0.3) is 10.8 Å². The van der Waals surface area contributed by atoms with Crippen LogP contribution in [0.5, 0.6) is 23.0 Å². The number of hydrazone groups is 1. The lowest BCUT2D eigenvalue weighted by atomic mass is 10.0. The first kappa shape index (κ1) is 16.1. The van der Waals surface area contributed by atoms with Crippen molar-refractivity contribution in [3.8, 4) is 23.0 Å².